The summed E-state index contributed by atoms with van der Waals surface area (Å²) in [5, 5.41) is 6.98. The fourth-order valence-corrected chi connectivity index (χ4v) is 5.42. The van der Waals surface area contributed by atoms with Crippen LogP contribution >= 0.6 is 11.3 Å². The van der Waals surface area contributed by atoms with Crippen molar-refractivity contribution in [2.75, 3.05) is 19.6 Å². The van der Waals surface area contributed by atoms with Crippen LogP contribution in [0.2, 0.25) is 0 Å². The highest BCUT2D eigenvalue weighted by Crippen LogP contribution is 2.46. The molecule has 158 valence electrons. The Balaban J connectivity index is 1.28. The predicted octanol–water partition coefficient (Wildman–Crippen LogP) is 4.21. The zero-order chi connectivity index (χ0) is 20.6. The van der Waals surface area contributed by atoms with Crippen molar-refractivity contribution < 1.29 is 14.3 Å². The first kappa shape index (κ1) is 19.6. The van der Waals surface area contributed by atoms with E-state index in [1.54, 1.807) is 11.3 Å². The Morgan fingerprint density at radius 2 is 1.97 bits per heavy atom. The second-order valence-electron chi connectivity index (χ2n) is 8.98. The molecule has 1 aliphatic carbocycles. The van der Waals surface area contributed by atoms with Crippen LogP contribution in [0.4, 0.5) is 0 Å². The topological polar surface area (TPSA) is 58.6 Å². The molecule has 1 aromatic heterocycles. The SMILES string of the molecule is O=C(C[C@H]1CC2(CCN(C(=O)c3ccsc3)CC2)Oc2ccccc21)NCC1CC1. The van der Waals surface area contributed by atoms with E-state index in [2.05, 4.69) is 11.4 Å². The molecule has 0 unspecified atom stereocenters. The number of amides is 2. The Morgan fingerprint density at radius 1 is 1.17 bits per heavy atom. The predicted molar refractivity (Wildman–Crippen MR) is 117 cm³/mol. The summed E-state index contributed by atoms with van der Waals surface area (Å²) in [5.74, 6) is 2.00. The summed E-state index contributed by atoms with van der Waals surface area (Å²) in [7, 11) is 0. The molecule has 3 heterocycles. The molecule has 30 heavy (non-hydrogen) atoms. The number of carbonyl (C=O) groups is 2. The quantitative estimate of drug-likeness (QED) is 0.782. The molecule has 1 atom stereocenters. The second-order valence-corrected chi connectivity index (χ2v) is 9.76. The van der Waals surface area contributed by atoms with Gasteiger partial charge >= 0.3 is 0 Å². The summed E-state index contributed by atoms with van der Waals surface area (Å²) in [5.41, 5.74) is 1.62. The molecule has 5 rings (SSSR count). The van der Waals surface area contributed by atoms with Gasteiger partial charge in [-0.25, -0.2) is 0 Å². The number of likely N-dealkylation sites (tertiary alicyclic amines) is 1. The number of benzene rings is 1. The van der Waals surface area contributed by atoms with Crippen LogP contribution in [-0.2, 0) is 4.79 Å². The number of hydrogen-bond donors (Lipinski definition) is 1. The summed E-state index contributed by atoms with van der Waals surface area (Å²) < 4.78 is 6.53. The largest absolute Gasteiger partial charge is 0.487 e. The van der Waals surface area contributed by atoms with Gasteiger partial charge in [0.1, 0.15) is 11.4 Å². The number of thiophene rings is 1. The van der Waals surface area contributed by atoms with Crippen LogP contribution in [0.1, 0.15) is 60.4 Å². The number of nitrogens with zero attached hydrogens (tertiary/aromatic N) is 1. The van der Waals surface area contributed by atoms with Gasteiger partial charge in [0.05, 0.1) is 5.56 Å². The lowest BCUT2D eigenvalue weighted by Gasteiger charge is -2.47. The fraction of sp³-hybridized carbons (Fsp3) is 0.500. The van der Waals surface area contributed by atoms with Crippen LogP contribution in [0.5, 0.6) is 5.75 Å². The maximum atomic E-state index is 12.7. The number of ether oxygens (including phenoxy) is 1. The van der Waals surface area contributed by atoms with E-state index < -0.39 is 0 Å². The van der Waals surface area contributed by atoms with E-state index in [1.165, 1.54) is 12.8 Å². The highest BCUT2D eigenvalue weighted by Gasteiger charge is 2.44. The van der Waals surface area contributed by atoms with E-state index in [9.17, 15) is 9.59 Å². The monoisotopic (exact) mass is 424 g/mol. The van der Waals surface area contributed by atoms with Gasteiger partial charge in [0.2, 0.25) is 5.91 Å². The van der Waals surface area contributed by atoms with Crippen LogP contribution in [0.25, 0.3) is 0 Å². The van der Waals surface area contributed by atoms with E-state index in [0.717, 1.165) is 42.7 Å². The number of rotatable bonds is 5. The van der Waals surface area contributed by atoms with Crippen molar-refractivity contribution >= 4 is 23.2 Å². The van der Waals surface area contributed by atoms with Gasteiger partial charge in [-0.1, -0.05) is 18.2 Å². The standard InChI is InChI=1S/C24H28N2O3S/c27-22(25-15-17-5-6-17)13-19-14-24(29-21-4-2-1-3-20(19)21)8-10-26(11-9-24)23(28)18-7-12-30-16-18/h1-4,7,12,16-17,19H,5-6,8-11,13-15H2,(H,25,27)/t19-/m0/s1. The van der Waals surface area contributed by atoms with Gasteiger partial charge < -0.3 is 15.0 Å². The van der Waals surface area contributed by atoms with Gasteiger partial charge in [0, 0.05) is 50.2 Å². The molecule has 2 amide bonds. The van der Waals surface area contributed by atoms with Crippen molar-refractivity contribution in [1.29, 1.82) is 0 Å². The molecule has 1 N–H and O–H groups in total. The van der Waals surface area contributed by atoms with Gasteiger partial charge in [-0.3, -0.25) is 9.59 Å². The third kappa shape index (κ3) is 4.10. The third-order valence-electron chi connectivity index (χ3n) is 6.75. The second kappa shape index (κ2) is 8.06. The normalized spacial score (nSPS) is 22.3. The van der Waals surface area contributed by atoms with Gasteiger partial charge in [-0.05, 0) is 48.3 Å². The minimum absolute atomic E-state index is 0.110. The van der Waals surface area contributed by atoms with Crippen molar-refractivity contribution in [1.82, 2.24) is 10.2 Å². The molecule has 2 aromatic rings. The lowest BCUT2D eigenvalue weighted by molar-refractivity contribution is -0.122. The minimum Gasteiger partial charge on any atom is -0.487 e. The first-order valence-corrected chi connectivity index (χ1v) is 11.9. The lowest BCUT2D eigenvalue weighted by atomic mass is 9.76. The van der Waals surface area contributed by atoms with Crippen LogP contribution in [-0.4, -0.2) is 41.9 Å². The summed E-state index contributed by atoms with van der Waals surface area (Å²) in [6, 6.07) is 10.0. The van der Waals surface area contributed by atoms with Crippen molar-refractivity contribution in [3.05, 3.63) is 52.2 Å². The van der Waals surface area contributed by atoms with E-state index in [-0.39, 0.29) is 23.3 Å². The fourth-order valence-electron chi connectivity index (χ4n) is 4.80. The number of hydrogen-bond acceptors (Lipinski definition) is 4. The number of piperidine rings is 1. The Morgan fingerprint density at radius 3 is 2.70 bits per heavy atom. The summed E-state index contributed by atoms with van der Waals surface area (Å²) in [6.07, 6.45) is 5.43. The first-order valence-electron chi connectivity index (χ1n) is 11.0. The Labute approximate surface area is 181 Å². The van der Waals surface area contributed by atoms with Crippen LogP contribution < -0.4 is 10.1 Å². The molecule has 6 heteroatoms. The van der Waals surface area contributed by atoms with Gasteiger partial charge in [0.15, 0.2) is 0 Å². The van der Waals surface area contributed by atoms with Gasteiger partial charge in [-0.15, -0.1) is 0 Å². The number of nitrogens with one attached hydrogen (secondary N) is 1. The average molecular weight is 425 g/mol. The maximum Gasteiger partial charge on any atom is 0.254 e. The molecule has 3 aliphatic rings. The summed E-state index contributed by atoms with van der Waals surface area (Å²) in [6.45, 7) is 2.20. The van der Waals surface area contributed by atoms with Gasteiger partial charge in [-0.2, -0.15) is 11.3 Å². The van der Waals surface area contributed by atoms with E-state index in [4.69, 9.17) is 4.74 Å². The smallest absolute Gasteiger partial charge is 0.254 e. The molecule has 1 spiro atoms. The molecule has 2 aliphatic heterocycles. The highest BCUT2D eigenvalue weighted by molar-refractivity contribution is 7.08. The summed E-state index contributed by atoms with van der Waals surface area (Å²) in [4.78, 5) is 27.2. The number of para-hydroxylation sites is 1. The molecular weight excluding hydrogens is 396 g/mol. The average Bonchev–Trinajstić information content (AvgIpc) is 3.43. The molecule has 1 saturated carbocycles. The summed E-state index contributed by atoms with van der Waals surface area (Å²) >= 11 is 1.55. The van der Waals surface area contributed by atoms with Crippen molar-refractivity contribution in [2.45, 2.75) is 50.0 Å². The van der Waals surface area contributed by atoms with Gasteiger partial charge in [0.25, 0.3) is 5.91 Å². The van der Waals surface area contributed by atoms with E-state index in [1.807, 2.05) is 39.9 Å². The van der Waals surface area contributed by atoms with E-state index >= 15 is 0 Å². The van der Waals surface area contributed by atoms with Crippen LogP contribution in [0.3, 0.4) is 0 Å². The number of carbonyl (C=O) groups excluding carboxylic acids is 2. The molecule has 2 fully saturated rings. The zero-order valence-corrected chi connectivity index (χ0v) is 18.0. The molecule has 0 radical (unpaired) electrons. The van der Waals surface area contributed by atoms with E-state index in [0.29, 0.717) is 25.4 Å². The molecule has 1 aromatic carbocycles. The van der Waals surface area contributed by atoms with Crippen molar-refractivity contribution in [2.24, 2.45) is 5.92 Å². The Bertz CT molecular complexity index is 914. The zero-order valence-electron chi connectivity index (χ0n) is 17.1. The van der Waals surface area contributed by atoms with Crippen LogP contribution in [0.15, 0.2) is 41.1 Å². The number of fused-ring (bicyclic) bond motifs is 1. The lowest BCUT2D eigenvalue weighted by Crippen LogP contribution is -2.52. The molecule has 5 nitrogen and oxygen atoms in total. The Hall–Kier alpha value is -2.34. The maximum absolute atomic E-state index is 12.7. The molecule has 1 saturated heterocycles. The van der Waals surface area contributed by atoms with Crippen molar-refractivity contribution in [3.8, 4) is 5.75 Å². The molecular formula is C24H28N2O3S. The third-order valence-corrected chi connectivity index (χ3v) is 7.43. The first-order chi connectivity index (χ1) is 14.6. The molecule has 0 bridgehead atoms. The Kier molecular flexibility index (Phi) is 5.27. The minimum atomic E-state index is -0.290. The highest BCUT2D eigenvalue weighted by atomic mass is 32.1. The van der Waals surface area contributed by atoms with Crippen molar-refractivity contribution in [3.63, 3.8) is 0 Å². The van der Waals surface area contributed by atoms with Crippen LogP contribution in [0, 0.1) is 5.92 Å².